The molecule has 0 saturated carbocycles. The molecule has 0 saturated heterocycles. The summed E-state index contributed by atoms with van der Waals surface area (Å²) in [6.07, 6.45) is 1.81. The Kier molecular flexibility index (Phi) is 3.19. The van der Waals surface area contributed by atoms with Gasteiger partial charge in [0.15, 0.2) is 0 Å². The lowest BCUT2D eigenvalue weighted by molar-refractivity contribution is 1.22. The number of aromatic nitrogens is 2. The van der Waals surface area contributed by atoms with Crippen molar-refractivity contribution in [3.63, 3.8) is 0 Å². The molecule has 0 fully saturated rings. The molecule has 0 aliphatic heterocycles. The topological polar surface area (TPSA) is 64.2 Å². The molecule has 0 aliphatic carbocycles. The lowest BCUT2D eigenvalue weighted by Crippen LogP contribution is -2.03. The number of hydrogen-bond donors (Lipinski definition) is 1. The van der Waals surface area contributed by atoms with Crippen molar-refractivity contribution in [2.24, 2.45) is 10.7 Å². The molecule has 4 nitrogen and oxygen atoms in total. The van der Waals surface area contributed by atoms with Crippen molar-refractivity contribution in [1.82, 2.24) is 9.97 Å². The van der Waals surface area contributed by atoms with Crippen LogP contribution in [-0.4, -0.2) is 15.8 Å². The second kappa shape index (κ2) is 4.63. The summed E-state index contributed by atoms with van der Waals surface area (Å²) in [5.41, 5.74) is 8.61. The average Bonchev–Trinajstić information content (AvgIpc) is 2.58. The molecule has 0 unspecified atom stereocenters. The van der Waals surface area contributed by atoms with Crippen LogP contribution in [0.2, 0.25) is 0 Å². The van der Waals surface area contributed by atoms with Gasteiger partial charge in [0.25, 0.3) is 0 Å². The van der Waals surface area contributed by atoms with Crippen molar-refractivity contribution in [2.75, 3.05) is 0 Å². The van der Waals surface area contributed by atoms with E-state index in [1.54, 1.807) is 13.1 Å². The molecule has 0 bridgehead atoms. The monoisotopic (exact) mass is 246 g/mol. The van der Waals surface area contributed by atoms with Gasteiger partial charge >= 0.3 is 0 Å². The SMILES string of the molecule is C/C(N)=N/c1nc(C)c(-c2cc(C)ccn2)s1. The van der Waals surface area contributed by atoms with E-state index >= 15 is 0 Å². The number of amidine groups is 1. The van der Waals surface area contributed by atoms with Crippen molar-refractivity contribution in [2.45, 2.75) is 20.8 Å². The van der Waals surface area contributed by atoms with E-state index in [9.17, 15) is 0 Å². The van der Waals surface area contributed by atoms with Crippen LogP contribution in [0.15, 0.2) is 23.3 Å². The summed E-state index contributed by atoms with van der Waals surface area (Å²) in [4.78, 5) is 13.9. The van der Waals surface area contributed by atoms with Crippen LogP contribution in [-0.2, 0) is 0 Å². The molecule has 0 atom stereocenters. The fourth-order valence-electron chi connectivity index (χ4n) is 1.48. The van der Waals surface area contributed by atoms with E-state index in [4.69, 9.17) is 5.73 Å². The maximum atomic E-state index is 5.55. The van der Waals surface area contributed by atoms with Gasteiger partial charge < -0.3 is 5.73 Å². The minimum Gasteiger partial charge on any atom is -0.387 e. The molecule has 0 radical (unpaired) electrons. The van der Waals surface area contributed by atoms with Gasteiger partial charge in [-0.1, -0.05) is 11.3 Å². The predicted octanol–water partition coefficient (Wildman–Crippen LogP) is 2.83. The van der Waals surface area contributed by atoms with Gasteiger partial charge in [0.1, 0.15) is 0 Å². The van der Waals surface area contributed by atoms with Crippen molar-refractivity contribution >= 4 is 22.3 Å². The van der Waals surface area contributed by atoms with E-state index in [1.165, 1.54) is 16.9 Å². The van der Waals surface area contributed by atoms with Gasteiger partial charge in [0.05, 0.1) is 22.1 Å². The molecule has 2 aromatic rings. The van der Waals surface area contributed by atoms with Gasteiger partial charge in [-0.2, -0.15) is 0 Å². The Hall–Kier alpha value is -1.75. The Morgan fingerprint density at radius 1 is 1.41 bits per heavy atom. The zero-order valence-electron chi connectivity index (χ0n) is 10.1. The molecule has 2 rings (SSSR count). The zero-order chi connectivity index (χ0) is 12.4. The van der Waals surface area contributed by atoms with E-state index in [-0.39, 0.29) is 0 Å². The van der Waals surface area contributed by atoms with Crippen LogP contribution in [0.1, 0.15) is 18.2 Å². The number of aliphatic imine (C=N–C) groups is 1. The highest BCUT2D eigenvalue weighted by molar-refractivity contribution is 7.18. The normalized spacial score (nSPS) is 11.8. The largest absolute Gasteiger partial charge is 0.387 e. The van der Waals surface area contributed by atoms with Crippen LogP contribution >= 0.6 is 11.3 Å². The third-order valence-corrected chi connectivity index (χ3v) is 3.28. The van der Waals surface area contributed by atoms with Gasteiger partial charge in [-0.05, 0) is 38.5 Å². The second-order valence-corrected chi connectivity index (χ2v) is 4.86. The van der Waals surface area contributed by atoms with E-state index in [0.29, 0.717) is 11.0 Å². The number of nitrogens with two attached hydrogens (primary N) is 1. The molecular formula is C12H14N4S. The number of aryl methyl sites for hydroxylation is 2. The molecule has 88 valence electrons. The second-order valence-electron chi connectivity index (χ2n) is 3.88. The highest BCUT2D eigenvalue weighted by atomic mass is 32.1. The third-order valence-electron chi connectivity index (χ3n) is 2.21. The summed E-state index contributed by atoms with van der Waals surface area (Å²) in [5, 5.41) is 0.681. The Morgan fingerprint density at radius 3 is 2.82 bits per heavy atom. The maximum Gasteiger partial charge on any atom is 0.211 e. The van der Waals surface area contributed by atoms with Crippen molar-refractivity contribution < 1.29 is 0 Å². The van der Waals surface area contributed by atoms with Gasteiger partial charge in [-0.3, -0.25) is 4.98 Å². The lowest BCUT2D eigenvalue weighted by atomic mass is 10.2. The highest BCUT2D eigenvalue weighted by Gasteiger charge is 2.10. The number of pyridine rings is 1. The summed E-state index contributed by atoms with van der Waals surface area (Å²) in [5.74, 6) is 0.516. The molecule has 5 heteroatoms. The fourth-order valence-corrected chi connectivity index (χ4v) is 2.44. The summed E-state index contributed by atoms with van der Waals surface area (Å²) in [6, 6.07) is 4.02. The molecule has 17 heavy (non-hydrogen) atoms. The minimum atomic E-state index is 0.516. The summed E-state index contributed by atoms with van der Waals surface area (Å²) in [6.45, 7) is 5.76. The molecule has 0 aliphatic rings. The van der Waals surface area contributed by atoms with Crippen molar-refractivity contribution in [1.29, 1.82) is 0 Å². The standard InChI is InChI=1S/C12H14N4S/c1-7-4-5-14-10(6-7)11-8(2)15-12(17-11)16-9(3)13/h4-6H,1-3H3,(H2,13,15,16). The van der Waals surface area contributed by atoms with Crippen molar-refractivity contribution in [3.8, 4) is 10.6 Å². The van der Waals surface area contributed by atoms with E-state index in [0.717, 1.165) is 16.3 Å². The summed E-state index contributed by atoms with van der Waals surface area (Å²) >= 11 is 1.51. The van der Waals surface area contributed by atoms with E-state index < -0.39 is 0 Å². The van der Waals surface area contributed by atoms with E-state index in [1.807, 2.05) is 26.0 Å². The van der Waals surface area contributed by atoms with E-state index in [2.05, 4.69) is 15.0 Å². The van der Waals surface area contributed by atoms with Crippen LogP contribution < -0.4 is 5.73 Å². The van der Waals surface area contributed by atoms with Gasteiger partial charge in [-0.25, -0.2) is 9.98 Å². The predicted molar refractivity (Wildman–Crippen MR) is 71.8 cm³/mol. The fraction of sp³-hybridized carbons (Fsp3) is 0.250. The third kappa shape index (κ3) is 2.68. The lowest BCUT2D eigenvalue weighted by Gasteiger charge is -1.98. The number of rotatable bonds is 2. The van der Waals surface area contributed by atoms with Gasteiger partial charge in [-0.15, -0.1) is 0 Å². The minimum absolute atomic E-state index is 0.516. The van der Waals surface area contributed by atoms with Crippen LogP contribution in [0.5, 0.6) is 0 Å². The van der Waals surface area contributed by atoms with Gasteiger partial charge in [0, 0.05) is 6.20 Å². The summed E-state index contributed by atoms with van der Waals surface area (Å²) < 4.78 is 0. The molecular weight excluding hydrogens is 232 g/mol. The Morgan fingerprint density at radius 2 is 2.18 bits per heavy atom. The quantitative estimate of drug-likeness (QED) is 0.654. The van der Waals surface area contributed by atoms with Crippen LogP contribution in [0.25, 0.3) is 10.6 Å². The van der Waals surface area contributed by atoms with Gasteiger partial charge in [0.2, 0.25) is 5.13 Å². The Bertz CT molecular complexity index is 568. The molecule has 2 heterocycles. The first-order chi connectivity index (χ1) is 8.06. The first-order valence-electron chi connectivity index (χ1n) is 5.27. The van der Waals surface area contributed by atoms with Crippen LogP contribution in [0.4, 0.5) is 5.13 Å². The Labute approximate surface area is 104 Å². The number of thiazole rings is 1. The highest BCUT2D eigenvalue weighted by Crippen LogP contribution is 2.33. The molecule has 0 amide bonds. The van der Waals surface area contributed by atoms with Crippen molar-refractivity contribution in [3.05, 3.63) is 29.6 Å². The summed E-state index contributed by atoms with van der Waals surface area (Å²) in [7, 11) is 0. The zero-order valence-corrected chi connectivity index (χ0v) is 10.9. The molecule has 0 spiro atoms. The Balaban J connectivity index is 2.46. The smallest absolute Gasteiger partial charge is 0.211 e. The van der Waals surface area contributed by atoms with Crippen LogP contribution in [0.3, 0.4) is 0 Å². The average molecular weight is 246 g/mol. The molecule has 0 aromatic carbocycles. The maximum absolute atomic E-state index is 5.55. The molecule has 2 aromatic heterocycles. The number of hydrogen-bond acceptors (Lipinski definition) is 4. The number of nitrogens with zero attached hydrogens (tertiary/aromatic N) is 3. The first-order valence-corrected chi connectivity index (χ1v) is 6.09. The van der Waals surface area contributed by atoms with Crippen LogP contribution in [0, 0.1) is 13.8 Å². The molecule has 2 N–H and O–H groups in total. The first kappa shape index (κ1) is 11.7.